The fourth-order valence-corrected chi connectivity index (χ4v) is 4.03. The van der Waals surface area contributed by atoms with Crippen LogP contribution in [0.2, 0.25) is 0 Å². The topological polar surface area (TPSA) is 143 Å². The van der Waals surface area contributed by atoms with Crippen LogP contribution in [0.15, 0.2) is 11.4 Å². The number of hydrogen-bond acceptors (Lipinski definition) is 8. The fourth-order valence-electron chi connectivity index (χ4n) is 3.33. The molecule has 0 aliphatic carbocycles. The molecule has 1 unspecified atom stereocenters. The van der Waals surface area contributed by atoms with Crippen molar-refractivity contribution in [3.05, 3.63) is 27.7 Å². The summed E-state index contributed by atoms with van der Waals surface area (Å²) < 4.78 is 11.6. The van der Waals surface area contributed by atoms with E-state index in [0.717, 1.165) is 11.3 Å². The number of unbranched alkanes of at least 4 members (excludes halogenated alkanes) is 1. The number of nitrogens with zero attached hydrogens (tertiary/aromatic N) is 2. The molecule has 0 spiro atoms. The lowest BCUT2D eigenvalue weighted by atomic mass is 10.1. The first-order valence-corrected chi connectivity index (χ1v) is 11.0. The number of amides is 2. The summed E-state index contributed by atoms with van der Waals surface area (Å²) in [4.78, 5) is 51.4. The molecule has 11 heteroatoms. The molecule has 0 aliphatic rings. The van der Waals surface area contributed by atoms with E-state index >= 15 is 0 Å². The third-order valence-corrected chi connectivity index (χ3v) is 5.66. The van der Waals surface area contributed by atoms with E-state index in [1.54, 1.807) is 25.3 Å². The Morgan fingerprint density at radius 3 is 2.59 bits per heavy atom. The number of nitrogens with two attached hydrogens (primary N) is 1. The first kappa shape index (κ1) is 25.1. The number of rotatable bonds is 11. The summed E-state index contributed by atoms with van der Waals surface area (Å²) in [7, 11) is 1.27. The zero-order valence-electron chi connectivity index (χ0n) is 18.6. The molecule has 3 N–H and O–H groups in total. The highest BCUT2D eigenvalue weighted by Crippen LogP contribution is 2.28. The average molecular weight is 465 g/mol. The van der Waals surface area contributed by atoms with Crippen molar-refractivity contribution in [3.63, 3.8) is 0 Å². The summed E-state index contributed by atoms with van der Waals surface area (Å²) in [5, 5.41) is 4.54. The third-order valence-electron chi connectivity index (χ3n) is 4.84. The predicted octanol–water partition coefficient (Wildman–Crippen LogP) is 2.04. The van der Waals surface area contributed by atoms with Crippen molar-refractivity contribution in [2.75, 3.05) is 13.7 Å². The van der Waals surface area contributed by atoms with E-state index in [9.17, 15) is 19.2 Å². The quantitative estimate of drug-likeness (QED) is 0.383. The molecule has 2 amide bonds. The SMILES string of the molecule is CCOC(=O)c1nc(-c2cc(C(N)=O)c(C)n2CCCCC(NC(C)=O)C(=O)OC)cs1. The number of ether oxygens (including phenoxy) is 2. The Labute approximate surface area is 190 Å². The van der Waals surface area contributed by atoms with Crippen molar-refractivity contribution in [1.82, 2.24) is 14.9 Å². The minimum atomic E-state index is -0.713. The van der Waals surface area contributed by atoms with Crippen LogP contribution in [0, 0.1) is 6.92 Å². The number of hydrogen-bond donors (Lipinski definition) is 2. The van der Waals surface area contributed by atoms with Gasteiger partial charge in [-0.25, -0.2) is 14.6 Å². The summed E-state index contributed by atoms with van der Waals surface area (Å²) in [6.07, 6.45) is 1.69. The highest BCUT2D eigenvalue weighted by Gasteiger charge is 2.22. The molecule has 1 atom stereocenters. The van der Waals surface area contributed by atoms with Gasteiger partial charge in [0, 0.05) is 24.5 Å². The Bertz CT molecular complexity index is 997. The monoisotopic (exact) mass is 464 g/mol. The van der Waals surface area contributed by atoms with Gasteiger partial charge in [0.15, 0.2) is 0 Å². The van der Waals surface area contributed by atoms with E-state index in [0.29, 0.717) is 48.5 Å². The summed E-state index contributed by atoms with van der Waals surface area (Å²) in [6, 6.07) is 0.950. The van der Waals surface area contributed by atoms with E-state index in [1.165, 1.54) is 14.0 Å². The highest BCUT2D eigenvalue weighted by molar-refractivity contribution is 7.11. The molecule has 0 aromatic carbocycles. The first-order valence-electron chi connectivity index (χ1n) is 10.2. The van der Waals surface area contributed by atoms with Gasteiger partial charge in [0.25, 0.3) is 5.91 Å². The molecular weight excluding hydrogens is 436 g/mol. The Balaban J connectivity index is 2.19. The summed E-state index contributed by atoms with van der Waals surface area (Å²) in [5.74, 6) is -1.86. The van der Waals surface area contributed by atoms with Crippen LogP contribution in [0.1, 0.15) is 59.0 Å². The molecule has 0 radical (unpaired) electrons. The number of carbonyl (C=O) groups excluding carboxylic acids is 4. The molecule has 0 fully saturated rings. The van der Waals surface area contributed by atoms with E-state index < -0.39 is 23.9 Å². The number of esters is 2. The second-order valence-electron chi connectivity index (χ2n) is 7.07. The van der Waals surface area contributed by atoms with E-state index in [-0.39, 0.29) is 17.5 Å². The minimum Gasteiger partial charge on any atom is -0.467 e. The van der Waals surface area contributed by atoms with Crippen LogP contribution in [0.25, 0.3) is 11.4 Å². The number of thiazole rings is 1. The van der Waals surface area contributed by atoms with Gasteiger partial charge >= 0.3 is 11.9 Å². The van der Waals surface area contributed by atoms with Crippen molar-refractivity contribution >= 4 is 35.1 Å². The summed E-state index contributed by atoms with van der Waals surface area (Å²) in [5.41, 5.74) is 7.78. The maximum atomic E-state index is 12.0. The molecule has 32 heavy (non-hydrogen) atoms. The van der Waals surface area contributed by atoms with Gasteiger partial charge in [0.2, 0.25) is 10.9 Å². The molecule has 0 saturated heterocycles. The Hall–Kier alpha value is -3.21. The molecule has 0 saturated carbocycles. The molecule has 2 aromatic rings. The molecule has 2 rings (SSSR count). The Morgan fingerprint density at radius 1 is 1.28 bits per heavy atom. The Kier molecular flexibility index (Phi) is 8.94. The number of primary amides is 1. The van der Waals surface area contributed by atoms with Crippen molar-refractivity contribution < 1.29 is 28.7 Å². The molecule has 10 nitrogen and oxygen atoms in total. The molecule has 2 aromatic heterocycles. The van der Waals surface area contributed by atoms with E-state index in [2.05, 4.69) is 10.3 Å². The lowest BCUT2D eigenvalue weighted by Crippen LogP contribution is -2.40. The Morgan fingerprint density at radius 2 is 2.00 bits per heavy atom. The average Bonchev–Trinajstić information content (AvgIpc) is 3.34. The van der Waals surface area contributed by atoms with Crippen LogP contribution in [0.4, 0.5) is 0 Å². The minimum absolute atomic E-state index is 0.226. The summed E-state index contributed by atoms with van der Waals surface area (Å²) in [6.45, 7) is 5.62. The van der Waals surface area contributed by atoms with Crippen LogP contribution >= 0.6 is 11.3 Å². The second-order valence-corrected chi connectivity index (χ2v) is 7.93. The number of aromatic nitrogens is 2. The van der Waals surface area contributed by atoms with Crippen molar-refractivity contribution in [2.45, 2.75) is 52.6 Å². The highest BCUT2D eigenvalue weighted by atomic mass is 32.1. The van der Waals surface area contributed by atoms with Crippen LogP contribution in [-0.4, -0.2) is 53.1 Å². The first-order chi connectivity index (χ1) is 15.2. The lowest BCUT2D eigenvalue weighted by Gasteiger charge is -2.16. The van der Waals surface area contributed by atoms with E-state index in [1.807, 2.05) is 4.57 Å². The normalized spacial score (nSPS) is 11.6. The molecule has 0 bridgehead atoms. The zero-order valence-corrected chi connectivity index (χ0v) is 19.4. The van der Waals surface area contributed by atoms with Gasteiger partial charge in [-0.3, -0.25) is 9.59 Å². The van der Waals surface area contributed by atoms with Gasteiger partial charge in [-0.2, -0.15) is 0 Å². The van der Waals surface area contributed by atoms with Gasteiger partial charge < -0.3 is 25.1 Å². The van der Waals surface area contributed by atoms with Gasteiger partial charge in [-0.1, -0.05) is 0 Å². The number of carbonyl (C=O) groups is 4. The molecule has 0 aliphatic heterocycles. The van der Waals surface area contributed by atoms with Crippen molar-refractivity contribution in [2.24, 2.45) is 5.73 Å². The zero-order chi connectivity index (χ0) is 23.8. The standard InChI is InChI=1S/C21H28N4O6S/c1-5-31-21(29)19-24-16(11-32-19)17-10-14(18(22)27)12(2)25(17)9-7-6-8-15(20(28)30-4)23-13(3)26/h10-11,15H,5-9H2,1-4H3,(H2,22,27)(H,23,26). The number of methoxy groups -OCH3 is 1. The maximum Gasteiger partial charge on any atom is 0.367 e. The van der Waals surface area contributed by atoms with Crippen LogP contribution in [-0.2, 0) is 25.6 Å². The maximum absolute atomic E-state index is 12.0. The molecule has 2 heterocycles. The number of nitrogens with one attached hydrogen (secondary N) is 1. The molecule has 174 valence electrons. The summed E-state index contributed by atoms with van der Waals surface area (Å²) >= 11 is 1.16. The second kappa shape index (κ2) is 11.4. The van der Waals surface area contributed by atoms with Crippen LogP contribution in [0.3, 0.4) is 0 Å². The fraction of sp³-hybridized carbons (Fsp3) is 0.476. The smallest absolute Gasteiger partial charge is 0.367 e. The van der Waals surface area contributed by atoms with Gasteiger partial charge in [-0.15, -0.1) is 11.3 Å². The van der Waals surface area contributed by atoms with Crippen molar-refractivity contribution in [1.29, 1.82) is 0 Å². The van der Waals surface area contributed by atoms with Gasteiger partial charge in [-0.05, 0) is 39.2 Å². The molecular formula is C21H28N4O6S. The van der Waals surface area contributed by atoms with Crippen LogP contribution in [0.5, 0.6) is 0 Å². The predicted molar refractivity (Wildman–Crippen MR) is 118 cm³/mol. The third kappa shape index (κ3) is 6.16. The van der Waals surface area contributed by atoms with E-state index in [4.69, 9.17) is 15.2 Å². The van der Waals surface area contributed by atoms with Gasteiger partial charge in [0.1, 0.15) is 6.04 Å². The lowest BCUT2D eigenvalue weighted by molar-refractivity contribution is -0.145. The van der Waals surface area contributed by atoms with Crippen molar-refractivity contribution in [3.8, 4) is 11.4 Å². The van der Waals surface area contributed by atoms with Gasteiger partial charge in [0.05, 0.1) is 30.7 Å². The van der Waals surface area contributed by atoms with Crippen LogP contribution < -0.4 is 11.1 Å². The largest absolute Gasteiger partial charge is 0.467 e.